The van der Waals surface area contributed by atoms with Crippen LogP contribution in [-0.4, -0.2) is 41.7 Å². The quantitative estimate of drug-likeness (QED) is 0.846. The molecule has 128 valence electrons. The molecule has 0 spiro atoms. The summed E-state index contributed by atoms with van der Waals surface area (Å²) in [5, 5.41) is 12.6. The number of nitrogens with one attached hydrogen (secondary N) is 1. The van der Waals surface area contributed by atoms with Gasteiger partial charge in [0.25, 0.3) is 0 Å². The topological polar surface area (TPSA) is 52.6 Å². The summed E-state index contributed by atoms with van der Waals surface area (Å²) in [4.78, 5) is 14.3. The molecule has 0 aliphatic carbocycles. The lowest BCUT2D eigenvalue weighted by atomic mass is 9.92. The van der Waals surface area contributed by atoms with Crippen molar-refractivity contribution in [2.45, 2.75) is 52.1 Å². The first-order chi connectivity index (χ1) is 11.0. The SMILES string of the molecule is CCC(C)c1ccc(NC(=O)CN2CCC(C(C)O)CC2)cc1. The number of piperidine rings is 1. The summed E-state index contributed by atoms with van der Waals surface area (Å²) in [5.74, 6) is 0.967. The summed E-state index contributed by atoms with van der Waals surface area (Å²) >= 11 is 0. The van der Waals surface area contributed by atoms with Gasteiger partial charge in [-0.1, -0.05) is 26.0 Å². The molecular formula is C19H30N2O2. The van der Waals surface area contributed by atoms with Gasteiger partial charge in [-0.05, 0) is 68.8 Å². The van der Waals surface area contributed by atoms with Crippen molar-refractivity contribution < 1.29 is 9.90 Å². The van der Waals surface area contributed by atoms with Gasteiger partial charge >= 0.3 is 0 Å². The van der Waals surface area contributed by atoms with Crippen LogP contribution in [0, 0.1) is 5.92 Å². The predicted octanol–water partition coefficient (Wildman–Crippen LogP) is 3.23. The number of aliphatic hydroxyl groups is 1. The molecule has 0 radical (unpaired) electrons. The second-order valence-corrected chi connectivity index (χ2v) is 6.83. The fourth-order valence-electron chi connectivity index (χ4n) is 3.13. The maximum Gasteiger partial charge on any atom is 0.238 e. The van der Waals surface area contributed by atoms with Crippen molar-refractivity contribution in [3.63, 3.8) is 0 Å². The van der Waals surface area contributed by atoms with Gasteiger partial charge < -0.3 is 10.4 Å². The van der Waals surface area contributed by atoms with Crippen LogP contribution in [0.15, 0.2) is 24.3 Å². The highest BCUT2D eigenvalue weighted by molar-refractivity contribution is 5.92. The van der Waals surface area contributed by atoms with Crippen LogP contribution in [0.3, 0.4) is 0 Å². The maximum absolute atomic E-state index is 12.2. The maximum atomic E-state index is 12.2. The Morgan fingerprint density at radius 1 is 1.26 bits per heavy atom. The summed E-state index contributed by atoms with van der Waals surface area (Å²) in [7, 11) is 0. The van der Waals surface area contributed by atoms with E-state index in [0.717, 1.165) is 38.0 Å². The largest absolute Gasteiger partial charge is 0.393 e. The number of hydrogen-bond donors (Lipinski definition) is 2. The number of hydrogen-bond acceptors (Lipinski definition) is 3. The van der Waals surface area contributed by atoms with Crippen LogP contribution < -0.4 is 5.32 Å². The Kier molecular flexibility index (Phi) is 6.60. The van der Waals surface area contributed by atoms with E-state index in [1.807, 2.05) is 19.1 Å². The van der Waals surface area contributed by atoms with Crippen LogP contribution in [0.25, 0.3) is 0 Å². The molecule has 1 amide bonds. The number of rotatable bonds is 6. The van der Waals surface area contributed by atoms with Crippen molar-refractivity contribution in [1.82, 2.24) is 4.90 Å². The fourth-order valence-corrected chi connectivity index (χ4v) is 3.13. The minimum absolute atomic E-state index is 0.0387. The van der Waals surface area contributed by atoms with E-state index in [1.165, 1.54) is 5.56 Å². The molecule has 1 aromatic carbocycles. The van der Waals surface area contributed by atoms with Gasteiger partial charge in [0.1, 0.15) is 0 Å². The molecule has 1 aliphatic rings. The first kappa shape index (κ1) is 18.0. The van der Waals surface area contributed by atoms with Crippen LogP contribution in [0.5, 0.6) is 0 Å². The number of benzene rings is 1. The lowest BCUT2D eigenvalue weighted by Gasteiger charge is -2.32. The van der Waals surface area contributed by atoms with Crippen LogP contribution in [0.1, 0.15) is 51.5 Å². The molecule has 4 heteroatoms. The van der Waals surface area contributed by atoms with E-state index in [0.29, 0.717) is 18.4 Å². The molecule has 4 nitrogen and oxygen atoms in total. The molecular weight excluding hydrogens is 288 g/mol. The minimum atomic E-state index is -0.241. The molecule has 1 heterocycles. The fraction of sp³-hybridized carbons (Fsp3) is 0.632. The first-order valence-corrected chi connectivity index (χ1v) is 8.79. The van der Waals surface area contributed by atoms with Crippen molar-refractivity contribution in [3.05, 3.63) is 29.8 Å². The molecule has 1 fully saturated rings. The van der Waals surface area contributed by atoms with Crippen molar-refractivity contribution >= 4 is 11.6 Å². The Bertz CT molecular complexity index is 491. The van der Waals surface area contributed by atoms with Crippen LogP contribution in [0.2, 0.25) is 0 Å². The highest BCUT2D eigenvalue weighted by Gasteiger charge is 2.23. The minimum Gasteiger partial charge on any atom is -0.393 e. The van der Waals surface area contributed by atoms with Gasteiger partial charge in [-0.2, -0.15) is 0 Å². The molecule has 2 rings (SSSR count). The zero-order chi connectivity index (χ0) is 16.8. The third-order valence-corrected chi connectivity index (χ3v) is 5.06. The number of carbonyl (C=O) groups excluding carboxylic acids is 1. The van der Waals surface area contributed by atoms with Gasteiger partial charge in [0.2, 0.25) is 5.91 Å². The molecule has 0 aromatic heterocycles. The molecule has 1 aliphatic heterocycles. The van der Waals surface area contributed by atoms with Crippen molar-refractivity contribution in [2.24, 2.45) is 5.92 Å². The standard InChI is InChI=1S/C19H30N2O2/c1-4-14(2)16-5-7-18(8-6-16)20-19(23)13-21-11-9-17(10-12-21)15(3)22/h5-8,14-15,17,22H,4,9-13H2,1-3H3,(H,20,23). The second kappa shape index (κ2) is 8.46. The zero-order valence-electron chi connectivity index (χ0n) is 14.6. The monoisotopic (exact) mass is 318 g/mol. The Morgan fingerprint density at radius 2 is 1.87 bits per heavy atom. The zero-order valence-corrected chi connectivity index (χ0v) is 14.6. The molecule has 2 unspecified atom stereocenters. The number of amides is 1. The van der Waals surface area contributed by atoms with E-state index in [4.69, 9.17) is 0 Å². The molecule has 2 N–H and O–H groups in total. The summed E-state index contributed by atoms with van der Waals surface area (Å²) in [5.41, 5.74) is 2.17. The van der Waals surface area contributed by atoms with Gasteiger partial charge in [-0.25, -0.2) is 0 Å². The summed E-state index contributed by atoms with van der Waals surface area (Å²) in [6.45, 7) is 8.45. The number of likely N-dealkylation sites (tertiary alicyclic amines) is 1. The summed E-state index contributed by atoms with van der Waals surface area (Å²) < 4.78 is 0. The predicted molar refractivity (Wildman–Crippen MR) is 94.6 cm³/mol. The average Bonchev–Trinajstić information content (AvgIpc) is 2.55. The van der Waals surface area contributed by atoms with Crippen LogP contribution in [0.4, 0.5) is 5.69 Å². The number of nitrogens with zero attached hydrogens (tertiary/aromatic N) is 1. The van der Waals surface area contributed by atoms with Crippen LogP contribution in [-0.2, 0) is 4.79 Å². The van der Waals surface area contributed by atoms with E-state index >= 15 is 0 Å². The van der Waals surface area contributed by atoms with Gasteiger partial charge in [-0.3, -0.25) is 9.69 Å². The third kappa shape index (κ3) is 5.33. The normalized spacial score (nSPS) is 19.3. The number of carbonyl (C=O) groups is 1. The van der Waals surface area contributed by atoms with Gasteiger partial charge in [0.05, 0.1) is 12.6 Å². The average molecular weight is 318 g/mol. The lowest BCUT2D eigenvalue weighted by molar-refractivity contribution is -0.117. The number of aliphatic hydroxyl groups excluding tert-OH is 1. The summed E-state index contributed by atoms with van der Waals surface area (Å²) in [6, 6.07) is 8.16. The van der Waals surface area contributed by atoms with E-state index in [9.17, 15) is 9.90 Å². The Balaban J connectivity index is 1.79. The Morgan fingerprint density at radius 3 is 2.39 bits per heavy atom. The Hall–Kier alpha value is -1.39. The van der Waals surface area contributed by atoms with Crippen molar-refractivity contribution in [1.29, 1.82) is 0 Å². The van der Waals surface area contributed by atoms with Crippen LogP contribution >= 0.6 is 0 Å². The summed E-state index contributed by atoms with van der Waals surface area (Å²) in [6.07, 6.45) is 2.81. The van der Waals surface area contributed by atoms with E-state index in [2.05, 4.69) is 36.2 Å². The van der Waals surface area contributed by atoms with Gasteiger partial charge in [0.15, 0.2) is 0 Å². The van der Waals surface area contributed by atoms with Crippen molar-refractivity contribution in [2.75, 3.05) is 25.0 Å². The number of anilines is 1. The van der Waals surface area contributed by atoms with Gasteiger partial charge in [-0.15, -0.1) is 0 Å². The Labute approximate surface area is 139 Å². The molecule has 1 saturated heterocycles. The molecule has 1 aromatic rings. The smallest absolute Gasteiger partial charge is 0.238 e. The second-order valence-electron chi connectivity index (χ2n) is 6.83. The van der Waals surface area contributed by atoms with Gasteiger partial charge in [0, 0.05) is 5.69 Å². The molecule has 2 atom stereocenters. The molecule has 0 saturated carbocycles. The first-order valence-electron chi connectivity index (χ1n) is 8.79. The molecule has 23 heavy (non-hydrogen) atoms. The van der Waals surface area contributed by atoms with E-state index < -0.39 is 0 Å². The highest BCUT2D eigenvalue weighted by atomic mass is 16.3. The molecule has 0 bridgehead atoms. The highest BCUT2D eigenvalue weighted by Crippen LogP contribution is 2.21. The van der Waals surface area contributed by atoms with E-state index in [1.54, 1.807) is 0 Å². The van der Waals surface area contributed by atoms with Crippen molar-refractivity contribution in [3.8, 4) is 0 Å². The van der Waals surface area contributed by atoms with E-state index in [-0.39, 0.29) is 12.0 Å². The third-order valence-electron chi connectivity index (χ3n) is 5.06. The lowest BCUT2D eigenvalue weighted by Crippen LogP contribution is -2.41.